The third-order valence-electron chi connectivity index (χ3n) is 6.37. The molecular formula is C26H29N7O. The number of carbonyl (C=O) groups is 1. The molecule has 1 amide bonds. The predicted octanol–water partition coefficient (Wildman–Crippen LogP) is 4.18. The summed E-state index contributed by atoms with van der Waals surface area (Å²) in [4.78, 5) is 24.9. The molecule has 0 atom stereocenters. The Kier molecular flexibility index (Phi) is 5.88. The number of fused-ring (bicyclic) bond motifs is 2. The summed E-state index contributed by atoms with van der Waals surface area (Å²) in [5, 5.41) is 7.77. The molecule has 8 nitrogen and oxygen atoms in total. The Morgan fingerprint density at radius 1 is 1.06 bits per heavy atom. The van der Waals surface area contributed by atoms with Crippen molar-refractivity contribution in [1.29, 1.82) is 0 Å². The molecule has 5 rings (SSSR count). The Morgan fingerprint density at radius 2 is 1.74 bits per heavy atom. The molecule has 2 aromatic heterocycles. The van der Waals surface area contributed by atoms with Crippen LogP contribution in [0.2, 0.25) is 0 Å². The number of anilines is 2. The molecule has 0 bridgehead atoms. The van der Waals surface area contributed by atoms with Crippen LogP contribution in [0.25, 0.3) is 22.2 Å². The second kappa shape index (κ2) is 9.13. The summed E-state index contributed by atoms with van der Waals surface area (Å²) in [6.07, 6.45) is 7.16. The number of amides is 1. The van der Waals surface area contributed by atoms with Gasteiger partial charge in [0.1, 0.15) is 16.9 Å². The third kappa shape index (κ3) is 4.19. The predicted molar refractivity (Wildman–Crippen MR) is 138 cm³/mol. The lowest BCUT2D eigenvalue weighted by Gasteiger charge is -2.22. The maximum absolute atomic E-state index is 13.3. The van der Waals surface area contributed by atoms with Crippen LogP contribution in [0.4, 0.5) is 11.5 Å². The van der Waals surface area contributed by atoms with Crippen molar-refractivity contribution in [3.63, 3.8) is 0 Å². The third-order valence-corrected chi connectivity index (χ3v) is 6.37. The Morgan fingerprint density at radius 3 is 2.41 bits per heavy atom. The highest BCUT2D eigenvalue weighted by Crippen LogP contribution is 2.28. The van der Waals surface area contributed by atoms with Crippen LogP contribution in [0.5, 0.6) is 0 Å². The maximum Gasteiger partial charge on any atom is 0.257 e. The zero-order chi connectivity index (χ0) is 23.7. The van der Waals surface area contributed by atoms with Gasteiger partial charge in [0.2, 0.25) is 0 Å². The average Bonchev–Trinajstić information content (AvgIpc) is 3.12. The van der Waals surface area contributed by atoms with Gasteiger partial charge in [0, 0.05) is 25.8 Å². The van der Waals surface area contributed by atoms with Crippen molar-refractivity contribution in [3.8, 4) is 0 Å². The lowest BCUT2D eigenvalue weighted by Crippen LogP contribution is -2.36. The van der Waals surface area contributed by atoms with Gasteiger partial charge in [0.25, 0.3) is 5.91 Å². The molecule has 2 heterocycles. The normalized spacial score (nSPS) is 14.8. The summed E-state index contributed by atoms with van der Waals surface area (Å²) in [5.41, 5.74) is 11.2. The number of benzene rings is 2. The van der Waals surface area contributed by atoms with E-state index in [-0.39, 0.29) is 17.8 Å². The molecular weight excluding hydrogens is 426 g/mol. The van der Waals surface area contributed by atoms with E-state index >= 15 is 0 Å². The molecule has 2 aromatic carbocycles. The van der Waals surface area contributed by atoms with Gasteiger partial charge in [-0.15, -0.1) is 0 Å². The summed E-state index contributed by atoms with van der Waals surface area (Å²) in [6, 6.07) is 15.8. The van der Waals surface area contributed by atoms with Crippen LogP contribution in [0.3, 0.4) is 0 Å². The number of aromatic nitrogens is 3. The summed E-state index contributed by atoms with van der Waals surface area (Å²) < 4.78 is 1.52. The maximum atomic E-state index is 13.3. The van der Waals surface area contributed by atoms with E-state index in [4.69, 9.17) is 15.7 Å². The van der Waals surface area contributed by atoms with Crippen molar-refractivity contribution in [2.75, 3.05) is 24.7 Å². The number of nitrogens with one attached hydrogen (secondary N) is 1. The highest BCUT2D eigenvalue weighted by Gasteiger charge is 2.26. The van der Waals surface area contributed by atoms with E-state index < -0.39 is 0 Å². The van der Waals surface area contributed by atoms with Crippen molar-refractivity contribution < 1.29 is 4.79 Å². The molecule has 0 aliphatic heterocycles. The molecule has 1 aliphatic carbocycles. The molecule has 34 heavy (non-hydrogen) atoms. The van der Waals surface area contributed by atoms with Gasteiger partial charge in [0.15, 0.2) is 5.65 Å². The number of nitrogens with two attached hydrogens (primary N) is 1. The molecule has 0 saturated heterocycles. The van der Waals surface area contributed by atoms with Crippen LogP contribution in [0.15, 0.2) is 53.6 Å². The largest absolute Gasteiger partial charge is 0.383 e. The first-order chi connectivity index (χ1) is 16.5. The topological polar surface area (TPSA) is 101 Å². The highest BCUT2D eigenvalue weighted by atomic mass is 16.1. The minimum Gasteiger partial charge on any atom is -0.383 e. The standard InChI is InChI=1S/C26H29N7O/c1-32(2)19-14-12-17(13-15-19)16-28-33-24(27)22(26(34)29-18-8-4-3-5-9-18)23-25(33)31-21-11-7-6-10-20(21)30-23/h6-7,10-16,18H,3-5,8-9,27H2,1-2H3,(H,29,34). The molecule has 0 spiro atoms. The van der Waals surface area contributed by atoms with Gasteiger partial charge in [0.05, 0.1) is 17.2 Å². The molecule has 8 heteroatoms. The first kappa shape index (κ1) is 21.9. The van der Waals surface area contributed by atoms with E-state index in [1.807, 2.05) is 67.5 Å². The lowest BCUT2D eigenvalue weighted by atomic mass is 9.95. The summed E-state index contributed by atoms with van der Waals surface area (Å²) >= 11 is 0. The molecule has 174 valence electrons. The van der Waals surface area contributed by atoms with Crippen molar-refractivity contribution in [3.05, 3.63) is 59.7 Å². The zero-order valence-electron chi connectivity index (χ0n) is 19.5. The van der Waals surface area contributed by atoms with Crippen LogP contribution in [-0.4, -0.2) is 46.9 Å². The van der Waals surface area contributed by atoms with E-state index in [0.717, 1.165) is 42.5 Å². The van der Waals surface area contributed by atoms with E-state index in [1.165, 1.54) is 11.1 Å². The first-order valence-corrected chi connectivity index (χ1v) is 11.7. The van der Waals surface area contributed by atoms with Crippen molar-refractivity contribution >= 4 is 45.8 Å². The smallest absolute Gasteiger partial charge is 0.257 e. The van der Waals surface area contributed by atoms with E-state index in [2.05, 4.69) is 10.4 Å². The Bertz CT molecular complexity index is 1370. The van der Waals surface area contributed by atoms with E-state index in [1.54, 1.807) is 6.21 Å². The molecule has 0 radical (unpaired) electrons. The molecule has 4 aromatic rings. The lowest BCUT2D eigenvalue weighted by molar-refractivity contribution is 0.0930. The van der Waals surface area contributed by atoms with Gasteiger partial charge in [-0.2, -0.15) is 9.78 Å². The Hall–Kier alpha value is -3.94. The average molecular weight is 456 g/mol. The molecule has 1 saturated carbocycles. The van der Waals surface area contributed by atoms with Crippen LogP contribution in [0.1, 0.15) is 48.0 Å². The number of hydrogen-bond acceptors (Lipinski definition) is 6. The number of carbonyl (C=O) groups excluding carboxylic acids is 1. The van der Waals surface area contributed by atoms with E-state index in [0.29, 0.717) is 22.2 Å². The van der Waals surface area contributed by atoms with Gasteiger partial charge in [-0.1, -0.05) is 43.5 Å². The molecule has 3 N–H and O–H groups in total. The fourth-order valence-electron chi connectivity index (χ4n) is 4.48. The summed E-state index contributed by atoms with van der Waals surface area (Å²) in [6.45, 7) is 0. The summed E-state index contributed by atoms with van der Waals surface area (Å²) in [7, 11) is 4.00. The zero-order valence-corrected chi connectivity index (χ0v) is 19.5. The number of nitrogens with zero attached hydrogens (tertiary/aromatic N) is 5. The molecule has 1 fully saturated rings. The molecule has 1 aliphatic rings. The van der Waals surface area contributed by atoms with E-state index in [9.17, 15) is 4.79 Å². The fraction of sp³-hybridized carbons (Fsp3) is 0.308. The van der Waals surface area contributed by atoms with Crippen molar-refractivity contribution in [2.24, 2.45) is 5.10 Å². The number of rotatable bonds is 5. The fourth-order valence-corrected chi connectivity index (χ4v) is 4.48. The van der Waals surface area contributed by atoms with Gasteiger partial charge >= 0.3 is 0 Å². The second-order valence-corrected chi connectivity index (χ2v) is 9.00. The SMILES string of the molecule is CN(C)c1ccc(C=Nn2c(N)c(C(=O)NC3CCCCC3)c3nc4ccccc4nc32)cc1. The van der Waals surface area contributed by atoms with Crippen LogP contribution in [0, 0.1) is 0 Å². The quantitative estimate of drug-likeness (QED) is 0.440. The monoisotopic (exact) mass is 455 g/mol. The highest BCUT2D eigenvalue weighted by molar-refractivity contribution is 6.10. The van der Waals surface area contributed by atoms with Crippen molar-refractivity contribution in [1.82, 2.24) is 20.0 Å². The Balaban J connectivity index is 1.58. The first-order valence-electron chi connectivity index (χ1n) is 11.7. The second-order valence-electron chi connectivity index (χ2n) is 9.00. The minimum atomic E-state index is -0.219. The van der Waals surface area contributed by atoms with Crippen LogP contribution in [-0.2, 0) is 0 Å². The molecule has 0 unspecified atom stereocenters. The van der Waals surface area contributed by atoms with Gasteiger partial charge in [-0.25, -0.2) is 9.97 Å². The summed E-state index contributed by atoms with van der Waals surface area (Å²) in [5.74, 6) is 0.0167. The van der Waals surface area contributed by atoms with Gasteiger partial charge < -0.3 is 16.0 Å². The van der Waals surface area contributed by atoms with Gasteiger partial charge in [-0.3, -0.25) is 4.79 Å². The van der Waals surface area contributed by atoms with Crippen LogP contribution >= 0.6 is 0 Å². The number of nitrogen functional groups attached to an aromatic ring is 1. The van der Waals surface area contributed by atoms with Crippen molar-refractivity contribution in [2.45, 2.75) is 38.1 Å². The minimum absolute atomic E-state index is 0.158. The number of para-hydroxylation sites is 2. The van der Waals surface area contributed by atoms with Crippen LogP contribution < -0.4 is 16.0 Å². The number of hydrogen-bond donors (Lipinski definition) is 2. The Labute approximate surface area is 198 Å². The van der Waals surface area contributed by atoms with Gasteiger partial charge in [-0.05, 0) is 42.7 Å².